The van der Waals surface area contributed by atoms with Crippen molar-refractivity contribution in [3.05, 3.63) is 81.8 Å². The first-order valence-corrected chi connectivity index (χ1v) is 9.27. The quantitative estimate of drug-likeness (QED) is 0.508. The third kappa shape index (κ3) is 5.85. The van der Waals surface area contributed by atoms with E-state index in [1.807, 2.05) is 36.4 Å². The van der Waals surface area contributed by atoms with Crippen LogP contribution in [-0.4, -0.2) is 18.4 Å². The smallest absolute Gasteiger partial charge is 0.291 e. The summed E-state index contributed by atoms with van der Waals surface area (Å²) in [6.45, 7) is 0.333. The number of ether oxygens (including phenoxy) is 1. The molecule has 0 unspecified atom stereocenters. The van der Waals surface area contributed by atoms with Gasteiger partial charge in [0.25, 0.3) is 11.8 Å². The van der Waals surface area contributed by atoms with Crippen molar-refractivity contribution in [3.63, 3.8) is 0 Å². The molecule has 2 N–H and O–H groups in total. The van der Waals surface area contributed by atoms with Crippen molar-refractivity contribution in [3.8, 4) is 5.75 Å². The van der Waals surface area contributed by atoms with Crippen LogP contribution in [0, 0.1) is 3.57 Å². The normalized spacial score (nSPS) is 10.3. The lowest BCUT2D eigenvalue weighted by atomic mass is 10.2. The zero-order valence-corrected chi connectivity index (χ0v) is 16.4. The molecule has 138 valence electrons. The van der Waals surface area contributed by atoms with Crippen molar-refractivity contribution in [2.75, 3.05) is 11.9 Å². The molecule has 0 atom stereocenters. The molecule has 0 spiro atoms. The zero-order valence-electron chi connectivity index (χ0n) is 14.3. The van der Waals surface area contributed by atoms with Crippen LogP contribution in [0.25, 0.3) is 0 Å². The van der Waals surface area contributed by atoms with Crippen molar-refractivity contribution in [1.29, 1.82) is 0 Å². The summed E-state index contributed by atoms with van der Waals surface area (Å²) in [4.78, 5) is 23.8. The Hall–Kier alpha value is -2.81. The summed E-state index contributed by atoms with van der Waals surface area (Å²) in [7, 11) is 0. The lowest BCUT2D eigenvalue weighted by Crippen LogP contribution is -2.28. The van der Waals surface area contributed by atoms with Crippen molar-refractivity contribution in [2.24, 2.45) is 0 Å². The molecule has 27 heavy (non-hydrogen) atoms. The number of furan rings is 1. The molecular formula is C20H17IN2O4. The third-order valence-electron chi connectivity index (χ3n) is 3.63. The van der Waals surface area contributed by atoms with Gasteiger partial charge in [-0.1, -0.05) is 12.1 Å². The highest BCUT2D eigenvalue weighted by Crippen LogP contribution is 2.14. The van der Waals surface area contributed by atoms with Crippen LogP contribution >= 0.6 is 22.6 Å². The molecule has 0 aliphatic carbocycles. The first-order chi connectivity index (χ1) is 13.1. The summed E-state index contributed by atoms with van der Waals surface area (Å²) >= 11 is 2.21. The summed E-state index contributed by atoms with van der Waals surface area (Å²) in [5.74, 6) is 0.388. The van der Waals surface area contributed by atoms with E-state index < -0.39 is 0 Å². The van der Waals surface area contributed by atoms with Gasteiger partial charge in [-0.3, -0.25) is 9.59 Å². The van der Waals surface area contributed by atoms with Crippen LogP contribution in [-0.2, 0) is 11.3 Å². The summed E-state index contributed by atoms with van der Waals surface area (Å²) in [5.41, 5.74) is 1.56. The Bertz CT molecular complexity index is 891. The second-order valence-electron chi connectivity index (χ2n) is 5.65. The molecule has 2 aromatic carbocycles. The Morgan fingerprint density at radius 2 is 1.74 bits per heavy atom. The van der Waals surface area contributed by atoms with Gasteiger partial charge >= 0.3 is 0 Å². The predicted octanol–water partition coefficient (Wildman–Crippen LogP) is 3.83. The molecule has 0 saturated heterocycles. The molecule has 3 rings (SSSR count). The van der Waals surface area contributed by atoms with Gasteiger partial charge in [0.15, 0.2) is 12.4 Å². The second-order valence-corrected chi connectivity index (χ2v) is 6.89. The molecule has 3 aromatic rings. The van der Waals surface area contributed by atoms with Gasteiger partial charge in [0.2, 0.25) is 0 Å². The molecular weight excluding hydrogens is 459 g/mol. The van der Waals surface area contributed by atoms with Crippen LogP contribution in [0.3, 0.4) is 0 Å². The van der Waals surface area contributed by atoms with E-state index in [1.165, 1.54) is 6.26 Å². The average molecular weight is 476 g/mol. The molecule has 7 heteroatoms. The number of nitrogens with one attached hydrogen (secondary N) is 2. The summed E-state index contributed by atoms with van der Waals surface area (Å²) in [5, 5.41) is 5.53. The van der Waals surface area contributed by atoms with Gasteiger partial charge in [0.05, 0.1) is 6.26 Å². The fraction of sp³-hybridized carbons (Fsp3) is 0.100. The number of hydrogen-bond acceptors (Lipinski definition) is 4. The van der Waals surface area contributed by atoms with Crippen LogP contribution in [0.2, 0.25) is 0 Å². The van der Waals surface area contributed by atoms with Crippen LogP contribution in [0.1, 0.15) is 16.1 Å². The molecule has 0 bridgehead atoms. The number of carbonyl (C=O) groups excluding carboxylic acids is 2. The Balaban J connectivity index is 1.43. The van der Waals surface area contributed by atoms with E-state index >= 15 is 0 Å². The standard InChI is InChI=1S/C20H17IN2O4/c21-15-5-9-17(10-6-15)27-13-19(24)22-12-14-3-7-16(8-4-14)23-20(25)18-2-1-11-26-18/h1-11H,12-13H2,(H,22,24)(H,23,25). The molecule has 0 saturated carbocycles. The van der Waals surface area contributed by atoms with Gasteiger partial charge < -0.3 is 19.8 Å². The third-order valence-corrected chi connectivity index (χ3v) is 4.35. The van der Waals surface area contributed by atoms with E-state index in [-0.39, 0.29) is 24.2 Å². The first-order valence-electron chi connectivity index (χ1n) is 8.19. The Morgan fingerprint density at radius 3 is 2.41 bits per heavy atom. The van der Waals surface area contributed by atoms with Crippen LogP contribution in [0.4, 0.5) is 5.69 Å². The molecule has 0 radical (unpaired) electrons. The van der Waals surface area contributed by atoms with Crippen molar-refractivity contribution >= 4 is 40.1 Å². The SMILES string of the molecule is O=C(COc1ccc(I)cc1)NCc1ccc(NC(=O)c2ccco2)cc1. The maximum atomic E-state index is 11.9. The number of amides is 2. The number of benzene rings is 2. The maximum absolute atomic E-state index is 11.9. The minimum atomic E-state index is -0.311. The summed E-state index contributed by atoms with van der Waals surface area (Å²) < 4.78 is 11.6. The Labute approximate surface area is 170 Å². The van der Waals surface area contributed by atoms with Crippen molar-refractivity contribution in [1.82, 2.24) is 5.32 Å². The zero-order chi connectivity index (χ0) is 19.1. The topological polar surface area (TPSA) is 80.6 Å². The molecule has 2 amide bonds. The monoisotopic (exact) mass is 476 g/mol. The van der Waals surface area contributed by atoms with Crippen molar-refractivity contribution < 1.29 is 18.7 Å². The number of rotatable bonds is 7. The summed E-state index contributed by atoms with van der Waals surface area (Å²) in [6, 6.07) is 17.9. The van der Waals surface area contributed by atoms with E-state index in [9.17, 15) is 9.59 Å². The van der Waals surface area contributed by atoms with Crippen LogP contribution < -0.4 is 15.4 Å². The maximum Gasteiger partial charge on any atom is 0.291 e. The fourth-order valence-corrected chi connectivity index (χ4v) is 2.60. The van der Waals surface area contributed by atoms with Gasteiger partial charge in [0, 0.05) is 15.8 Å². The molecule has 0 fully saturated rings. The molecule has 1 aromatic heterocycles. The molecule has 1 heterocycles. The van der Waals surface area contributed by atoms with Gasteiger partial charge in [-0.25, -0.2) is 0 Å². The van der Waals surface area contributed by atoms with Crippen LogP contribution in [0.5, 0.6) is 5.75 Å². The summed E-state index contributed by atoms with van der Waals surface area (Å²) in [6.07, 6.45) is 1.45. The predicted molar refractivity (Wildman–Crippen MR) is 110 cm³/mol. The lowest BCUT2D eigenvalue weighted by Gasteiger charge is -2.09. The van der Waals surface area contributed by atoms with E-state index in [0.29, 0.717) is 18.0 Å². The molecule has 0 aliphatic rings. The van der Waals surface area contributed by atoms with Gasteiger partial charge in [-0.15, -0.1) is 0 Å². The van der Waals surface area contributed by atoms with E-state index in [0.717, 1.165) is 9.13 Å². The highest BCUT2D eigenvalue weighted by molar-refractivity contribution is 14.1. The van der Waals surface area contributed by atoms with E-state index in [4.69, 9.17) is 9.15 Å². The Morgan fingerprint density at radius 1 is 1.00 bits per heavy atom. The number of carbonyl (C=O) groups is 2. The van der Waals surface area contributed by atoms with Crippen molar-refractivity contribution in [2.45, 2.75) is 6.54 Å². The molecule has 0 aliphatic heterocycles. The minimum Gasteiger partial charge on any atom is -0.484 e. The highest BCUT2D eigenvalue weighted by Gasteiger charge is 2.08. The van der Waals surface area contributed by atoms with Gasteiger partial charge in [0.1, 0.15) is 5.75 Å². The minimum absolute atomic E-state index is 0.0438. The van der Waals surface area contributed by atoms with Gasteiger partial charge in [-0.2, -0.15) is 0 Å². The first kappa shape index (κ1) is 19.0. The number of hydrogen-bond donors (Lipinski definition) is 2. The number of halogens is 1. The fourth-order valence-electron chi connectivity index (χ4n) is 2.24. The average Bonchev–Trinajstić information content (AvgIpc) is 3.22. The largest absolute Gasteiger partial charge is 0.484 e. The van der Waals surface area contributed by atoms with Gasteiger partial charge in [-0.05, 0) is 76.7 Å². The number of anilines is 1. The Kier molecular flexibility index (Phi) is 6.48. The lowest BCUT2D eigenvalue weighted by molar-refractivity contribution is -0.123. The van der Waals surface area contributed by atoms with Crippen LogP contribution in [0.15, 0.2) is 71.3 Å². The molecule has 6 nitrogen and oxygen atoms in total. The van der Waals surface area contributed by atoms with E-state index in [2.05, 4.69) is 33.2 Å². The second kappa shape index (κ2) is 9.22. The highest BCUT2D eigenvalue weighted by atomic mass is 127. The van der Waals surface area contributed by atoms with E-state index in [1.54, 1.807) is 24.3 Å².